The van der Waals surface area contributed by atoms with Crippen molar-refractivity contribution in [1.29, 1.82) is 0 Å². The van der Waals surface area contributed by atoms with Gasteiger partial charge in [-0.15, -0.1) is 5.10 Å². The average molecular weight is 444 g/mol. The van der Waals surface area contributed by atoms with Crippen LogP contribution in [0.2, 0.25) is 0 Å². The standard InChI is InChI=1S/C23H25N9O/c1-13(2)31-9-7-17(27-31)16-12-32-20(14(16)3)21(25-19-11-18(29-33-19)15-5-6-15)26-22(28-32)23-24-8-10-30(23)4/h7-13,15H,5-6H2,1-4H3,(H,25,26,28). The third kappa shape index (κ3) is 3.38. The van der Waals surface area contributed by atoms with Crippen LogP contribution in [0, 0.1) is 6.92 Å². The van der Waals surface area contributed by atoms with E-state index in [-0.39, 0.29) is 6.04 Å². The van der Waals surface area contributed by atoms with Crippen LogP contribution in [0.3, 0.4) is 0 Å². The van der Waals surface area contributed by atoms with Crippen LogP contribution in [0.15, 0.2) is 41.4 Å². The minimum atomic E-state index is 0.287. The molecule has 1 saturated carbocycles. The lowest BCUT2D eigenvalue weighted by Gasteiger charge is -2.08. The van der Waals surface area contributed by atoms with E-state index in [1.807, 2.05) is 51.5 Å². The first-order chi connectivity index (χ1) is 16.0. The molecule has 5 aromatic heterocycles. The summed E-state index contributed by atoms with van der Waals surface area (Å²) in [6, 6.07) is 4.27. The topological polar surface area (TPSA) is 104 Å². The van der Waals surface area contributed by atoms with E-state index in [1.165, 1.54) is 0 Å². The van der Waals surface area contributed by atoms with Crippen molar-refractivity contribution in [3.05, 3.63) is 48.2 Å². The first-order valence-corrected chi connectivity index (χ1v) is 11.1. The van der Waals surface area contributed by atoms with E-state index >= 15 is 0 Å². The van der Waals surface area contributed by atoms with E-state index < -0.39 is 0 Å². The Morgan fingerprint density at radius 1 is 1.18 bits per heavy atom. The molecule has 0 aromatic carbocycles. The summed E-state index contributed by atoms with van der Waals surface area (Å²) in [6.45, 7) is 6.28. The fourth-order valence-corrected chi connectivity index (χ4v) is 4.06. The van der Waals surface area contributed by atoms with Gasteiger partial charge in [0.25, 0.3) is 0 Å². The molecule has 0 amide bonds. The lowest BCUT2D eigenvalue weighted by molar-refractivity contribution is 0.426. The van der Waals surface area contributed by atoms with Gasteiger partial charge in [-0.1, -0.05) is 5.16 Å². The fourth-order valence-electron chi connectivity index (χ4n) is 4.06. The monoisotopic (exact) mass is 443 g/mol. The van der Waals surface area contributed by atoms with Gasteiger partial charge in [0.15, 0.2) is 11.6 Å². The van der Waals surface area contributed by atoms with Gasteiger partial charge >= 0.3 is 0 Å². The number of rotatable bonds is 6. The summed E-state index contributed by atoms with van der Waals surface area (Å²) in [4.78, 5) is 9.26. The first-order valence-electron chi connectivity index (χ1n) is 11.1. The van der Waals surface area contributed by atoms with Gasteiger partial charge in [0, 0.05) is 55.4 Å². The third-order valence-electron chi connectivity index (χ3n) is 6.08. The molecule has 5 heterocycles. The molecule has 10 heteroatoms. The van der Waals surface area contributed by atoms with Gasteiger partial charge in [-0.2, -0.15) is 5.10 Å². The number of aryl methyl sites for hydroxylation is 2. The van der Waals surface area contributed by atoms with Crippen LogP contribution >= 0.6 is 0 Å². The molecule has 0 unspecified atom stereocenters. The van der Waals surface area contributed by atoms with E-state index in [1.54, 1.807) is 6.20 Å². The molecule has 1 fully saturated rings. The molecular formula is C23H25N9O. The molecule has 1 N–H and O–H groups in total. The number of hydrogen-bond donors (Lipinski definition) is 1. The number of nitrogens with zero attached hydrogens (tertiary/aromatic N) is 8. The van der Waals surface area contributed by atoms with Crippen LogP contribution in [-0.4, -0.2) is 39.1 Å². The Hall–Kier alpha value is -3.95. The number of fused-ring (bicyclic) bond motifs is 1. The Morgan fingerprint density at radius 3 is 2.73 bits per heavy atom. The summed E-state index contributed by atoms with van der Waals surface area (Å²) in [7, 11) is 1.92. The highest BCUT2D eigenvalue weighted by Crippen LogP contribution is 2.40. The maximum absolute atomic E-state index is 5.57. The molecule has 1 aliphatic rings. The van der Waals surface area contributed by atoms with Gasteiger partial charge in [-0.25, -0.2) is 14.5 Å². The van der Waals surface area contributed by atoms with Crippen LogP contribution in [0.5, 0.6) is 0 Å². The molecule has 10 nitrogen and oxygen atoms in total. The van der Waals surface area contributed by atoms with Gasteiger partial charge < -0.3 is 14.4 Å². The van der Waals surface area contributed by atoms with Crippen molar-refractivity contribution in [2.45, 2.75) is 45.6 Å². The second kappa shape index (κ2) is 7.29. The average Bonchev–Trinajstić information content (AvgIpc) is 3.16. The van der Waals surface area contributed by atoms with Crippen LogP contribution in [-0.2, 0) is 7.05 Å². The van der Waals surface area contributed by atoms with Crippen LogP contribution < -0.4 is 5.32 Å². The molecule has 0 atom stereocenters. The Balaban J connectivity index is 1.50. The molecule has 33 heavy (non-hydrogen) atoms. The van der Waals surface area contributed by atoms with E-state index in [0.29, 0.717) is 29.3 Å². The highest BCUT2D eigenvalue weighted by molar-refractivity contribution is 5.83. The molecular weight excluding hydrogens is 418 g/mol. The number of hydrogen-bond acceptors (Lipinski definition) is 7. The third-order valence-corrected chi connectivity index (χ3v) is 6.08. The number of aromatic nitrogens is 8. The van der Waals surface area contributed by atoms with Gasteiger partial charge in [0.1, 0.15) is 5.52 Å². The molecule has 0 radical (unpaired) electrons. The SMILES string of the molecule is Cc1c(-c2ccn(C(C)C)n2)cn2nc(-c3nccn3C)nc(Nc3cc(C4CC4)no3)c12. The smallest absolute Gasteiger partial charge is 0.230 e. The predicted molar refractivity (Wildman–Crippen MR) is 123 cm³/mol. The minimum Gasteiger partial charge on any atom is -0.338 e. The first kappa shape index (κ1) is 19.7. The van der Waals surface area contributed by atoms with Crippen molar-refractivity contribution in [3.63, 3.8) is 0 Å². The van der Waals surface area contributed by atoms with Gasteiger partial charge in [-0.05, 0) is 45.2 Å². The summed E-state index contributed by atoms with van der Waals surface area (Å²) >= 11 is 0. The normalized spacial score (nSPS) is 14.0. The summed E-state index contributed by atoms with van der Waals surface area (Å²) < 4.78 is 11.3. The number of imidazole rings is 1. The molecule has 0 saturated heterocycles. The largest absolute Gasteiger partial charge is 0.338 e. The molecule has 1 aliphatic carbocycles. The van der Waals surface area contributed by atoms with Gasteiger partial charge in [-0.3, -0.25) is 4.68 Å². The van der Waals surface area contributed by atoms with Gasteiger partial charge in [0.05, 0.1) is 11.4 Å². The van der Waals surface area contributed by atoms with Crippen LogP contribution in [0.25, 0.3) is 28.4 Å². The quantitative estimate of drug-likeness (QED) is 0.412. The highest BCUT2D eigenvalue weighted by atomic mass is 16.5. The second-order valence-corrected chi connectivity index (χ2v) is 8.90. The minimum absolute atomic E-state index is 0.287. The lowest BCUT2D eigenvalue weighted by atomic mass is 10.1. The van der Waals surface area contributed by atoms with Crippen LogP contribution in [0.1, 0.15) is 49.9 Å². The van der Waals surface area contributed by atoms with Crippen molar-refractivity contribution >= 4 is 17.2 Å². The summed E-state index contributed by atoms with van der Waals surface area (Å²) in [5, 5.41) is 17.1. The van der Waals surface area contributed by atoms with Crippen LogP contribution in [0.4, 0.5) is 11.7 Å². The highest BCUT2D eigenvalue weighted by Gasteiger charge is 2.27. The molecule has 0 spiro atoms. The van der Waals surface area contributed by atoms with E-state index in [9.17, 15) is 0 Å². The zero-order chi connectivity index (χ0) is 22.7. The van der Waals surface area contributed by atoms with E-state index in [0.717, 1.165) is 40.9 Å². The number of anilines is 2. The summed E-state index contributed by atoms with van der Waals surface area (Å²) in [6.07, 6.45) is 9.93. The van der Waals surface area contributed by atoms with E-state index in [4.69, 9.17) is 19.7 Å². The van der Waals surface area contributed by atoms with Crippen molar-refractivity contribution in [3.8, 4) is 22.9 Å². The Bertz CT molecular complexity index is 1460. The maximum Gasteiger partial charge on any atom is 0.230 e. The van der Waals surface area contributed by atoms with Crippen molar-refractivity contribution < 1.29 is 4.52 Å². The molecule has 6 rings (SSSR count). The molecule has 0 aliphatic heterocycles. The van der Waals surface area contributed by atoms with Gasteiger partial charge in [0.2, 0.25) is 11.7 Å². The fraction of sp³-hybridized carbons (Fsp3) is 0.348. The lowest BCUT2D eigenvalue weighted by Crippen LogP contribution is -2.06. The van der Waals surface area contributed by atoms with Crippen molar-refractivity contribution in [1.82, 2.24) is 39.1 Å². The Labute approximate surface area is 190 Å². The molecule has 5 aromatic rings. The molecule has 0 bridgehead atoms. The zero-order valence-corrected chi connectivity index (χ0v) is 19.0. The second-order valence-electron chi connectivity index (χ2n) is 8.90. The van der Waals surface area contributed by atoms with Crippen molar-refractivity contribution in [2.24, 2.45) is 7.05 Å². The summed E-state index contributed by atoms with van der Waals surface area (Å²) in [5.74, 6) is 2.89. The number of nitrogens with one attached hydrogen (secondary N) is 1. The maximum atomic E-state index is 5.57. The Morgan fingerprint density at radius 2 is 2.03 bits per heavy atom. The zero-order valence-electron chi connectivity index (χ0n) is 19.0. The predicted octanol–water partition coefficient (Wildman–Crippen LogP) is 4.49. The Kier molecular flexibility index (Phi) is 4.36. The molecule has 168 valence electrons. The van der Waals surface area contributed by atoms with E-state index in [2.05, 4.69) is 36.2 Å². The van der Waals surface area contributed by atoms with Crippen molar-refractivity contribution in [2.75, 3.05) is 5.32 Å². The summed E-state index contributed by atoms with van der Waals surface area (Å²) in [5.41, 5.74) is 4.76.